The summed E-state index contributed by atoms with van der Waals surface area (Å²) >= 11 is 0. The first-order valence-electron chi connectivity index (χ1n) is 3.70. The lowest BCUT2D eigenvalue weighted by atomic mass is 10.4. The summed E-state index contributed by atoms with van der Waals surface area (Å²) in [5.74, 6) is 0.642. The maximum absolute atomic E-state index is 10.1. The van der Waals surface area contributed by atoms with Gasteiger partial charge in [-0.2, -0.15) is 0 Å². The molecular weight excluding hydrogens is 158 g/mol. The smallest absolute Gasteiger partial charge is 0.139 e. The predicted octanol–water partition coefficient (Wildman–Crippen LogP) is -1.18. The maximum atomic E-state index is 10.1. The van der Waals surface area contributed by atoms with E-state index in [1.807, 2.05) is 7.05 Å². The summed E-state index contributed by atoms with van der Waals surface area (Å²) in [5.41, 5.74) is 6.48. The molecule has 12 heavy (non-hydrogen) atoms. The van der Waals surface area contributed by atoms with Crippen molar-refractivity contribution in [1.82, 2.24) is 10.2 Å². The van der Waals surface area contributed by atoms with Crippen molar-refractivity contribution in [2.45, 2.75) is 0 Å². The van der Waals surface area contributed by atoms with Crippen LogP contribution in [0.3, 0.4) is 0 Å². The Morgan fingerprint density at radius 2 is 2.58 bits per heavy atom. The number of nitrogens with zero attached hydrogens (tertiary/aromatic N) is 1. The number of hydrogen-bond donors (Lipinski definition) is 2. The second kappa shape index (κ2) is 3.96. The summed E-state index contributed by atoms with van der Waals surface area (Å²) in [7, 11) is 1.83. The Labute approximate surface area is 71.2 Å². The number of nitrogens with two attached hydrogens (primary N) is 1. The second-order valence-corrected chi connectivity index (χ2v) is 2.59. The fourth-order valence-electron chi connectivity index (χ4n) is 0.965. The third-order valence-corrected chi connectivity index (χ3v) is 1.65. The Bertz CT molecular complexity index is 203. The van der Waals surface area contributed by atoms with Crippen LogP contribution in [0.2, 0.25) is 0 Å². The van der Waals surface area contributed by atoms with Crippen LogP contribution >= 0.6 is 0 Å². The van der Waals surface area contributed by atoms with Gasteiger partial charge in [-0.15, -0.1) is 0 Å². The molecule has 5 heteroatoms. The average molecular weight is 171 g/mol. The Kier molecular flexibility index (Phi) is 2.93. The SMILES string of the molecule is CN1COCC(NCC=O)=C1N. The maximum Gasteiger partial charge on any atom is 0.139 e. The molecule has 5 nitrogen and oxygen atoms in total. The molecule has 1 rings (SSSR count). The summed E-state index contributed by atoms with van der Waals surface area (Å²) < 4.78 is 5.17. The van der Waals surface area contributed by atoms with Crippen LogP contribution in [-0.4, -0.2) is 38.1 Å². The van der Waals surface area contributed by atoms with Crippen molar-refractivity contribution in [2.24, 2.45) is 5.73 Å². The molecule has 0 atom stereocenters. The Morgan fingerprint density at radius 1 is 1.83 bits per heavy atom. The highest BCUT2D eigenvalue weighted by molar-refractivity contribution is 5.52. The molecule has 1 aliphatic heterocycles. The van der Waals surface area contributed by atoms with Crippen LogP contribution in [0.1, 0.15) is 0 Å². The molecule has 68 valence electrons. The van der Waals surface area contributed by atoms with E-state index >= 15 is 0 Å². The molecule has 0 fully saturated rings. The molecule has 0 aromatic heterocycles. The van der Waals surface area contributed by atoms with Crippen molar-refractivity contribution in [3.05, 3.63) is 11.5 Å². The van der Waals surface area contributed by atoms with Gasteiger partial charge in [0.2, 0.25) is 0 Å². The molecule has 1 aliphatic rings. The summed E-state index contributed by atoms with van der Waals surface area (Å²) in [6.45, 7) is 1.22. The highest BCUT2D eigenvalue weighted by Crippen LogP contribution is 2.06. The average Bonchev–Trinajstić information content (AvgIpc) is 2.08. The molecule has 0 radical (unpaired) electrons. The van der Waals surface area contributed by atoms with Gasteiger partial charge in [0.1, 0.15) is 18.8 Å². The number of ether oxygens (including phenoxy) is 1. The number of nitrogens with one attached hydrogen (secondary N) is 1. The van der Waals surface area contributed by atoms with Crippen molar-refractivity contribution in [1.29, 1.82) is 0 Å². The molecule has 0 unspecified atom stereocenters. The van der Waals surface area contributed by atoms with Gasteiger partial charge < -0.3 is 25.5 Å². The Morgan fingerprint density at radius 3 is 3.25 bits per heavy atom. The van der Waals surface area contributed by atoms with E-state index in [2.05, 4.69) is 5.32 Å². The molecule has 0 aromatic carbocycles. The van der Waals surface area contributed by atoms with E-state index in [1.165, 1.54) is 0 Å². The first-order chi connectivity index (χ1) is 5.75. The molecule has 0 aliphatic carbocycles. The van der Waals surface area contributed by atoms with Gasteiger partial charge in [-0.3, -0.25) is 0 Å². The first kappa shape index (κ1) is 8.86. The van der Waals surface area contributed by atoms with Crippen molar-refractivity contribution in [3.63, 3.8) is 0 Å². The van der Waals surface area contributed by atoms with Gasteiger partial charge in [-0.1, -0.05) is 0 Å². The van der Waals surface area contributed by atoms with Crippen LogP contribution in [0.5, 0.6) is 0 Å². The van der Waals surface area contributed by atoms with Crippen molar-refractivity contribution < 1.29 is 9.53 Å². The van der Waals surface area contributed by atoms with E-state index < -0.39 is 0 Å². The Balaban J connectivity index is 2.58. The van der Waals surface area contributed by atoms with Crippen LogP contribution in [0.15, 0.2) is 11.5 Å². The molecule has 0 aromatic rings. The van der Waals surface area contributed by atoms with E-state index in [0.29, 0.717) is 19.2 Å². The molecule has 1 heterocycles. The highest BCUT2D eigenvalue weighted by atomic mass is 16.5. The summed E-state index contributed by atoms with van der Waals surface area (Å²) in [6, 6.07) is 0. The first-order valence-corrected chi connectivity index (χ1v) is 3.70. The standard InChI is InChI=1S/C7H13N3O2/c1-10-5-12-4-6(7(10)8)9-2-3-11/h3,9H,2,4-5,8H2,1H3. The number of aldehydes is 1. The van der Waals surface area contributed by atoms with E-state index in [9.17, 15) is 4.79 Å². The molecule has 0 saturated heterocycles. The molecule has 3 N–H and O–H groups in total. The third-order valence-electron chi connectivity index (χ3n) is 1.65. The largest absolute Gasteiger partial charge is 0.384 e. The minimum absolute atomic E-state index is 0.271. The quantitative estimate of drug-likeness (QED) is 0.523. The fraction of sp³-hybridized carbons (Fsp3) is 0.571. The lowest BCUT2D eigenvalue weighted by Gasteiger charge is -2.27. The minimum Gasteiger partial charge on any atom is -0.384 e. The lowest BCUT2D eigenvalue weighted by Crippen LogP contribution is -2.38. The monoisotopic (exact) mass is 171 g/mol. The van der Waals surface area contributed by atoms with Crippen molar-refractivity contribution in [2.75, 3.05) is 26.9 Å². The number of hydrogen-bond acceptors (Lipinski definition) is 5. The predicted molar refractivity (Wildman–Crippen MR) is 43.9 cm³/mol. The minimum atomic E-state index is 0.271. The summed E-state index contributed by atoms with van der Waals surface area (Å²) in [4.78, 5) is 11.8. The van der Waals surface area contributed by atoms with E-state index in [-0.39, 0.29) is 6.54 Å². The second-order valence-electron chi connectivity index (χ2n) is 2.59. The number of rotatable bonds is 3. The van der Waals surface area contributed by atoms with Gasteiger partial charge in [0, 0.05) is 7.05 Å². The highest BCUT2D eigenvalue weighted by Gasteiger charge is 2.13. The van der Waals surface area contributed by atoms with Gasteiger partial charge in [-0.05, 0) is 0 Å². The number of carbonyl (C=O) groups is 1. The zero-order valence-corrected chi connectivity index (χ0v) is 7.04. The summed E-state index contributed by atoms with van der Waals surface area (Å²) in [5, 5.41) is 2.87. The van der Waals surface area contributed by atoms with Crippen LogP contribution in [-0.2, 0) is 9.53 Å². The lowest BCUT2D eigenvalue weighted by molar-refractivity contribution is -0.107. The zero-order chi connectivity index (χ0) is 8.97. The normalized spacial score (nSPS) is 17.9. The van der Waals surface area contributed by atoms with E-state index in [4.69, 9.17) is 10.5 Å². The molecule has 0 saturated carbocycles. The van der Waals surface area contributed by atoms with E-state index in [1.54, 1.807) is 4.90 Å². The van der Waals surface area contributed by atoms with Gasteiger partial charge in [-0.25, -0.2) is 0 Å². The van der Waals surface area contributed by atoms with E-state index in [0.717, 1.165) is 12.0 Å². The molecular formula is C7H13N3O2. The van der Waals surface area contributed by atoms with Crippen molar-refractivity contribution >= 4 is 6.29 Å². The topological polar surface area (TPSA) is 67.6 Å². The van der Waals surface area contributed by atoms with Crippen LogP contribution in [0, 0.1) is 0 Å². The molecule has 0 bridgehead atoms. The molecule has 0 amide bonds. The van der Waals surface area contributed by atoms with Crippen molar-refractivity contribution in [3.8, 4) is 0 Å². The molecule has 0 spiro atoms. The third kappa shape index (κ3) is 1.88. The van der Waals surface area contributed by atoms with Crippen LogP contribution in [0.4, 0.5) is 0 Å². The van der Waals surface area contributed by atoms with Crippen LogP contribution < -0.4 is 11.1 Å². The zero-order valence-electron chi connectivity index (χ0n) is 7.04. The van der Waals surface area contributed by atoms with Gasteiger partial charge in [0.05, 0.1) is 18.8 Å². The van der Waals surface area contributed by atoms with Gasteiger partial charge in [0.25, 0.3) is 0 Å². The number of carbonyl (C=O) groups excluding carboxylic acids is 1. The Hall–Kier alpha value is -1.23. The van der Waals surface area contributed by atoms with Gasteiger partial charge >= 0.3 is 0 Å². The summed E-state index contributed by atoms with van der Waals surface area (Å²) in [6.07, 6.45) is 0.787. The van der Waals surface area contributed by atoms with Gasteiger partial charge in [0.15, 0.2) is 0 Å². The van der Waals surface area contributed by atoms with Crippen LogP contribution in [0.25, 0.3) is 0 Å². The fourth-order valence-corrected chi connectivity index (χ4v) is 0.965.